The van der Waals surface area contributed by atoms with Crippen LogP contribution in [0.4, 0.5) is 0 Å². The van der Waals surface area contributed by atoms with E-state index in [1.165, 1.54) is 23.0 Å². The van der Waals surface area contributed by atoms with E-state index >= 15 is 0 Å². The molecule has 0 bridgehead atoms. The normalized spacial score (nSPS) is 23.2. The van der Waals surface area contributed by atoms with Crippen molar-refractivity contribution in [3.8, 4) is 0 Å². The molecule has 1 saturated heterocycles. The first-order valence-corrected chi connectivity index (χ1v) is 5.34. The van der Waals surface area contributed by atoms with Crippen LogP contribution in [-0.2, 0) is 6.54 Å². The summed E-state index contributed by atoms with van der Waals surface area (Å²) in [6, 6.07) is 0.640. The van der Waals surface area contributed by atoms with Gasteiger partial charge in [-0.1, -0.05) is 0 Å². The number of hydrogen-bond donors (Lipinski definition) is 1. The molecule has 1 aromatic rings. The van der Waals surface area contributed by atoms with Gasteiger partial charge in [0.05, 0.1) is 16.3 Å². The molecule has 1 N–H and O–H groups in total. The molecule has 0 aromatic carbocycles. The lowest BCUT2D eigenvalue weighted by Gasteiger charge is -2.08. The molecule has 1 atom stereocenters. The van der Waals surface area contributed by atoms with Gasteiger partial charge in [0, 0.05) is 12.2 Å². The van der Waals surface area contributed by atoms with Crippen molar-refractivity contribution < 1.29 is 0 Å². The number of nitrogens with zero attached hydrogens (tertiary/aromatic N) is 2. The molecule has 12 heavy (non-hydrogen) atoms. The topological polar surface area (TPSA) is 29.9 Å². The summed E-state index contributed by atoms with van der Waals surface area (Å²) in [5.74, 6) is 0. The summed E-state index contributed by atoms with van der Waals surface area (Å²) < 4.78 is 3.23. The SMILES string of the molecule is Ic1cnn(C[C@@H]2CCCN2)c1. The molecule has 1 aromatic heterocycles. The van der Waals surface area contributed by atoms with Gasteiger partial charge in [0.1, 0.15) is 0 Å². The van der Waals surface area contributed by atoms with E-state index in [-0.39, 0.29) is 0 Å². The van der Waals surface area contributed by atoms with E-state index in [4.69, 9.17) is 0 Å². The molecule has 0 saturated carbocycles. The van der Waals surface area contributed by atoms with Gasteiger partial charge >= 0.3 is 0 Å². The van der Waals surface area contributed by atoms with Gasteiger partial charge in [-0.2, -0.15) is 5.10 Å². The van der Waals surface area contributed by atoms with E-state index in [9.17, 15) is 0 Å². The molecule has 0 amide bonds. The van der Waals surface area contributed by atoms with Gasteiger partial charge in [0.2, 0.25) is 0 Å². The summed E-state index contributed by atoms with van der Waals surface area (Å²) in [4.78, 5) is 0. The number of rotatable bonds is 2. The van der Waals surface area contributed by atoms with Crippen LogP contribution >= 0.6 is 22.6 Å². The highest BCUT2D eigenvalue weighted by Crippen LogP contribution is 2.08. The molecule has 3 nitrogen and oxygen atoms in total. The van der Waals surface area contributed by atoms with E-state index < -0.39 is 0 Å². The predicted molar refractivity (Wildman–Crippen MR) is 56.0 cm³/mol. The number of nitrogens with one attached hydrogen (secondary N) is 1. The van der Waals surface area contributed by atoms with Crippen LogP contribution in [0.15, 0.2) is 12.4 Å². The first kappa shape index (κ1) is 8.50. The second-order valence-electron chi connectivity index (χ2n) is 3.17. The molecule has 1 aliphatic rings. The highest BCUT2D eigenvalue weighted by molar-refractivity contribution is 14.1. The lowest BCUT2D eigenvalue weighted by Crippen LogP contribution is -2.26. The van der Waals surface area contributed by atoms with E-state index in [2.05, 4.69) is 39.2 Å². The Kier molecular flexibility index (Phi) is 2.65. The molecule has 0 unspecified atom stereocenters. The Morgan fingerprint density at radius 2 is 2.67 bits per heavy atom. The Hall–Kier alpha value is -0.100. The van der Waals surface area contributed by atoms with Crippen molar-refractivity contribution in [2.24, 2.45) is 0 Å². The molecule has 2 heterocycles. The molecular weight excluding hydrogens is 265 g/mol. The van der Waals surface area contributed by atoms with Crippen LogP contribution < -0.4 is 5.32 Å². The molecule has 1 fully saturated rings. The fourth-order valence-electron chi connectivity index (χ4n) is 1.58. The third-order valence-corrected chi connectivity index (χ3v) is 2.73. The van der Waals surface area contributed by atoms with Gasteiger partial charge in [-0.25, -0.2) is 0 Å². The Morgan fingerprint density at radius 1 is 1.75 bits per heavy atom. The summed E-state index contributed by atoms with van der Waals surface area (Å²) >= 11 is 2.28. The zero-order chi connectivity index (χ0) is 8.39. The van der Waals surface area contributed by atoms with Crippen molar-refractivity contribution in [3.63, 3.8) is 0 Å². The van der Waals surface area contributed by atoms with Gasteiger partial charge in [-0.05, 0) is 42.0 Å². The van der Waals surface area contributed by atoms with Crippen molar-refractivity contribution in [1.29, 1.82) is 0 Å². The average Bonchev–Trinajstić information content (AvgIpc) is 2.63. The minimum absolute atomic E-state index is 0.640. The molecule has 0 aliphatic carbocycles. The molecule has 66 valence electrons. The predicted octanol–water partition coefficient (Wildman–Crippen LogP) is 1.24. The quantitative estimate of drug-likeness (QED) is 0.824. The van der Waals surface area contributed by atoms with Crippen molar-refractivity contribution in [2.45, 2.75) is 25.4 Å². The van der Waals surface area contributed by atoms with Crippen LogP contribution in [0.3, 0.4) is 0 Å². The summed E-state index contributed by atoms with van der Waals surface area (Å²) in [5, 5.41) is 7.70. The lowest BCUT2D eigenvalue weighted by molar-refractivity contribution is 0.476. The summed E-state index contributed by atoms with van der Waals surface area (Å²) in [7, 11) is 0. The van der Waals surface area contributed by atoms with Crippen LogP contribution in [0.5, 0.6) is 0 Å². The maximum atomic E-state index is 4.25. The zero-order valence-electron chi connectivity index (χ0n) is 6.83. The number of halogens is 1. The first-order chi connectivity index (χ1) is 5.84. The molecule has 4 heteroatoms. The van der Waals surface area contributed by atoms with Gasteiger partial charge in [-0.15, -0.1) is 0 Å². The van der Waals surface area contributed by atoms with E-state index in [1.807, 2.05) is 10.9 Å². The maximum absolute atomic E-state index is 4.25. The van der Waals surface area contributed by atoms with Crippen LogP contribution in [-0.4, -0.2) is 22.4 Å². The molecular formula is C8H12IN3. The highest BCUT2D eigenvalue weighted by Gasteiger charge is 2.14. The Labute approximate surface area is 85.7 Å². The zero-order valence-corrected chi connectivity index (χ0v) is 8.99. The van der Waals surface area contributed by atoms with E-state index in [1.54, 1.807) is 0 Å². The fourth-order valence-corrected chi connectivity index (χ4v) is 2.02. The molecule has 1 aliphatic heterocycles. The average molecular weight is 277 g/mol. The van der Waals surface area contributed by atoms with Crippen molar-refractivity contribution in [2.75, 3.05) is 6.54 Å². The first-order valence-electron chi connectivity index (χ1n) is 4.26. The molecule has 0 spiro atoms. The van der Waals surface area contributed by atoms with Gasteiger partial charge in [0.25, 0.3) is 0 Å². The van der Waals surface area contributed by atoms with Gasteiger partial charge in [0.15, 0.2) is 0 Å². The standard InChI is InChI=1S/C8H12IN3/c9-7-4-11-12(5-7)6-8-2-1-3-10-8/h4-5,8,10H,1-3,6H2/t8-/m0/s1. The molecule has 2 rings (SSSR count). The summed E-state index contributed by atoms with van der Waals surface area (Å²) in [6.45, 7) is 2.19. The highest BCUT2D eigenvalue weighted by atomic mass is 127. The lowest BCUT2D eigenvalue weighted by atomic mass is 10.2. The van der Waals surface area contributed by atoms with E-state index in [0.29, 0.717) is 6.04 Å². The number of aromatic nitrogens is 2. The third-order valence-electron chi connectivity index (χ3n) is 2.17. The Morgan fingerprint density at radius 3 is 3.25 bits per heavy atom. The van der Waals surface area contributed by atoms with Crippen LogP contribution in [0.2, 0.25) is 0 Å². The second-order valence-corrected chi connectivity index (χ2v) is 4.42. The van der Waals surface area contributed by atoms with Gasteiger partial charge < -0.3 is 5.32 Å². The monoisotopic (exact) mass is 277 g/mol. The van der Waals surface area contributed by atoms with E-state index in [0.717, 1.165) is 6.54 Å². The largest absolute Gasteiger partial charge is 0.312 e. The minimum Gasteiger partial charge on any atom is -0.312 e. The van der Waals surface area contributed by atoms with Crippen LogP contribution in [0.1, 0.15) is 12.8 Å². The smallest absolute Gasteiger partial charge is 0.0623 e. The van der Waals surface area contributed by atoms with Crippen molar-refractivity contribution in [3.05, 3.63) is 16.0 Å². The van der Waals surface area contributed by atoms with Crippen molar-refractivity contribution >= 4 is 22.6 Å². The third kappa shape index (κ3) is 1.98. The van der Waals surface area contributed by atoms with Crippen LogP contribution in [0, 0.1) is 3.57 Å². The number of hydrogen-bond acceptors (Lipinski definition) is 2. The minimum atomic E-state index is 0.640. The van der Waals surface area contributed by atoms with Gasteiger partial charge in [-0.3, -0.25) is 4.68 Å². The second kappa shape index (κ2) is 3.74. The van der Waals surface area contributed by atoms with Crippen molar-refractivity contribution in [1.82, 2.24) is 15.1 Å². The Bertz CT molecular complexity index is 253. The van der Waals surface area contributed by atoms with Crippen LogP contribution in [0.25, 0.3) is 0 Å². The summed E-state index contributed by atoms with van der Waals surface area (Å²) in [5.41, 5.74) is 0. The Balaban J connectivity index is 1.94. The summed E-state index contributed by atoms with van der Waals surface area (Å²) in [6.07, 6.45) is 6.58. The molecule has 0 radical (unpaired) electrons. The fraction of sp³-hybridized carbons (Fsp3) is 0.625. The maximum Gasteiger partial charge on any atom is 0.0623 e.